The molecule has 2 atom stereocenters. The minimum atomic E-state index is 0.170. The lowest BCUT2D eigenvalue weighted by Crippen LogP contribution is -2.46. The lowest BCUT2D eigenvalue weighted by atomic mass is 9.95. The molecule has 0 aliphatic carbocycles. The number of fused-ring (bicyclic) bond motifs is 1. The molecule has 4 heteroatoms. The van der Waals surface area contributed by atoms with Crippen LogP contribution in [0.3, 0.4) is 0 Å². The summed E-state index contributed by atoms with van der Waals surface area (Å²) in [6, 6.07) is 5.10. The highest BCUT2D eigenvalue weighted by Gasteiger charge is 2.25. The van der Waals surface area contributed by atoms with Crippen LogP contribution in [0.5, 0.6) is 5.75 Å². The van der Waals surface area contributed by atoms with Crippen LogP contribution in [0.15, 0.2) is 12.1 Å². The molecule has 4 nitrogen and oxygen atoms in total. The number of carbonyl (C=O) groups is 1. The number of aryl methyl sites for hydroxylation is 2. The van der Waals surface area contributed by atoms with Crippen molar-refractivity contribution in [1.82, 2.24) is 10.6 Å². The quantitative estimate of drug-likeness (QED) is 0.878. The fraction of sp³-hybridized carbons (Fsp3) is 0.588. The molecular weight excluding hydrogens is 264 g/mol. The predicted molar refractivity (Wildman–Crippen MR) is 82.6 cm³/mol. The zero-order valence-electron chi connectivity index (χ0n) is 12.9. The van der Waals surface area contributed by atoms with Gasteiger partial charge in [0.05, 0.1) is 6.61 Å². The van der Waals surface area contributed by atoms with E-state index < -0.39 is 0 Å². The van der Waals surface area contributed by atoms with E-state index in [2.05, 4.69) is 36.6 Å². The summed E-state index contributed by atoms with van der Waals surface area (Å²) < 4.78 is 5.91. The van der Waals surface area contributed by atoms with Crippen LogP contribution < -0.4 is 15.4 Å². The van der Waals surface area contributed by atoms with Gasteiger partial charge >= 0.3 is 0 Å². The average molecular weight is 288 g/mol. The van der Waals surface area contributed by atoms with Crippen molar-refractivity contribution in [3.05, 3.63) is 28.8 Å². The Balaban J connectivity index is 1.79. The van der Waals surface area contributed by atoms with Gasteiger partial charge in [0.15, 0.2) is 0 Å². The van der Waals surface area contributed by atoms with Crippen LogP contribution >= 0.6 is 0 Å². The van der Waals surface area contributed by atoms with E-state index in [0.29, 0.717) is 18.5 Å². The second kappa shape index (κ2) is 6.06. The fourth-order valence-corrected chi connectivity index (χ4v) is 3.17. The van der Waals surface area contributed by atoms with E-state index in [1.165, 1.54) is 16.7 Å². The molecule has 0 saturated carbocycles. The largest absolute Gasteiger partial charge is 0.493 e. The predicted octanol–water partition coefficient (Wildman–Crippen LogP) is 2.39. The van der Waals surface area contributed by atoms with Crippen LogP contribution in [-0.4, -0.2) is 25.1 Å². The molecule has 1 aromatic carbocycles. The maximum Gasteiger partial charge on any atom is 0.220 e. The Bertz CT molecular complexity index is 532. The van der Waals surface area contributed by atoms with Crippen molar-refractivity contribution in [2.24, 2.45) is 0 Å². The van der Waals surface area contributed by atoms with Gasteiger partial charge in [0.25, 0.3) is 0 Å². The van der Waals surface area contributed by atoms with E-state index in [4.69, 9.17) is 4.74 Å². The fourth-order valence-electron chi connectivity index (χ4n) is 3.17. The average Bonchev–Trinajstić information content (AvgIpc) is 2.65. The topological polar surface area (TPSA) is 50.4 Å². The van der Waals surface area contributed by atoms with Crippen LogP contribution in [0.4, 0.5) is 0 Å². The standard InChI is InChI=1S/C17H24N2O2/c1-11-8-14-15(19-13-5-6-17(20)18-10-13)4-3-7-21-16(14)9-12(11)2/h8-9,13,15,19H,3-7,10H2,1-2H3,(H,18,20)/t13-,15+/m1/s1. The molecular formula is C17H24N2O2. The highest BCUT2D eigenvalue weighted by molar-refractivity contribution is 5.76. The highest BCUT2D eigenvalue weighted by atomic mass is 16.5. The second-order valence-electron chi connectivity index (χ2n) is 6.22. The number of ether oxygens (including phenoxy) is 1. The van der Waals surface area contributed by atoms with E-state index in [-0.39, 0.29) is 5.91 Å². The van der Waals surface area contributed by atoms with Crippen molar-refractivity contribution in [2.75, 3.05) is 13.2 Å². The Morgan fingerprint density at radius 1 is 1.24 bits per heavy atom. The van der Waals surface area contributed by atoms with Crippen LogP contribution in [-0.2, 0) is 4.79 Å². The SMILES string of the molecule is Cc1cc2c(cc1C)[C@@H](N[C@@H]1CCC(=O)NC1)CCCO2. The van der Waals surface area contributed by atoms with Gasteiger partial charge in [-0.2, -0.15) is 0 Å². The maximum absolute atomic E-state index is 11.3. The number of carbonyl (C=O) groups excluding carboxylic acids is 1. The van der Waals surface area contributed by atoms with Gasteiger partial charge in [0.1, 0.15) is 5.75 Å². The lowest BCUT2D eigenvalue weighted by molar-refractivity contribution is -0.122. The van der Waals surface area contributed by atoms with Crippen LogP contribution in [0, 0.1) is 13.8 Å². The summed E-state index contributed by atoms with van der Waals surface area (Å²) in [6.07, 6.45) is 3.69. The molecule has 0 unspecified atom stereocenters. The summed E-state index contributed by atoms with van der Waals surface area (Å²) in [6.45, 7) is 5.80. The first kappa shape index (κ1) is 14.4. The van der Waals surface area contributed by atoms with E-state index >= 15 is 0 Å². The Morgan fingerprint density at radius 3 is 2.81 bits per heavy atom. The number of amides is 1. The summed E-state index contributed by atoms with van der Waals surface area (Å²) in [5, 5.41) is 6.68. The number of nitrogens with one attached hydrogen (secondary N) is 2. The van der Waals surface area contributed by atoms with Gasteiger partial charge in [0, 0.05) is 30.6 Å². The van der Waals surface area contributed by atoms with E-state index in [1.807, 2.05) is 0 Å². The second-order valence-corrected chi connectivity index (χ2v) is 6.22. The molecule has 0 radical (unpaired) electrons. The summed E-state index contributed by atoms with van der Waals surface area (Å²) in [5.41, 5.74) is 3.86. The third kappa shape index (κ3) is 3.21. The number of piperidine rings is 1. The Hall–Kier alpha value is -1.55. The van der Waals surface area contributed by atoms with E-state index in [1.54, 1.807) is 0 Å². The van der Waals surface area contributed by atoms with Gasteiger partial charge in [-0.25, -0.2) is 0 Å². The first-order valence-electron chi connectivity index (χ1n) is 7.90. The summed E-state index contributed by atoms with van der Waals surface area (Å²) >= 11 is 0. The van der Waals surface area contributed by atoms with Gasteiger partial charge in [-0.05, 0) is 50.3 Å². The molecule has 0 spiro atoms. The molecule has 0 bridgehead atoms. The molecule has 114 valence electrons. The molecule has 2 aliphatic heterocycles. The van der Waals surface area contributed by atoms with Crippen molar-refractivity contribution in [3.8, 4) is 5.75 Å². The lowest BCUT2D eigenvalue weighted by Gasteiger charge is -2.29. The van der Waals surface area contributed by atoms with Crippen LogP contribution in [0.25, 0.3) is 0 Å². The highest BCUT2D eigenvalue weighted by Crippen LogP contribution is 2.34. The smallest absolute Gasteiger partial charge is 0.220 e. The molecule has 21 heavy (non-hydrogen) atoms. The van der Waals surface area contributed by atoms with Gasteiger partial charge in [-0.15, -0.1) is 0 Å². The first-order valence-corrected chi connectivity index (χ1v) is 7.90. The number of rotatable bonds is 2. The molecule has 1 fully saturated rings. The van der Waals surface area contributed by atoms with Crippen molar-refractivity contribution in [1.29, 1.82) is 0 Å². The minimum absolute atomic E-state index is 0.170. The van der Waals surface area contributed by atoms with Gasteiger partial charge < -0.3 is 15.4 Å². The molecule has 2 heterocycles. The number of benzene rings is 1. The van der Waals surface area contributed by atoms with Crippen molar-refractivity contribution >= 4 is 5.91 Å². The van der Waals surface area contributed by atoms with Crippen molar-refractivity contribution < 1.29 is 9.53 Å². The molecule has 1 saturated heterocycles. The monoisotopic (exact) mass is 288 g/mol. The van der Waals surface area contributed by atoms with Crippen LogP contribution in [0.1, 0.15) is 48.4 Å². The zero-order valence-corrected chi connectivity index (χ0v) is 12.9. The maximum atomic E-state index is 11.3. The third-order valence-electron chi connectivity index (χ3n) is 4.60. The van der Waals surface area contributed by atoms with E-state index in [0.717, 1.165) is 38.2 Å². The first-order chi connectivity index (χ1) is 10.1. The van der Waals surface area contributed by atoms with Gasteiger partial charge in [-0.1, -0.05) is 6.07 Å². The molecule has 0 aromatic heterocycles. The van der Waals surface area contributed by atoms with Crippen molar-refractivity contribution in [3.63, 3.8) is 0 Å². The van der Waals surface area contributed by atoms with Gasteiger partial charge in [-0.3, -0.25) is 4.79 Å². The Morgan fingerprint density at radius 2 is 2.05 bits per heavy atom. The molecule has 1 amide bonds. The Kier molecular flexibility index (Phi) is 4.15. The van der Waals surface area contributed by atoms with Crippen LogP contribution in [0.2, 0.25) is 0 Å². The molecule has 2 aliphatic rings. The summed E-state index contributed by atoms with van der Waals surface area (Å²) in [5.74, 6) is 1.19. The summed E-state index contributed by atoms with van der Waals surface area (Å²) in [4.78, 5) is 11.3. The molecule has 1 aromatic rings. The van der Waals surface area contributed by atoms with Gasteiger partial charge in [0.2, 0.25) is 5.91 Å². The minimum Gasteiger partial charge on any atom is -0.493 e. The zero-order chi connectivity index (χ0) is 14.8. The third-order valence-corrected chi connectivity index (χ3v) is 4.60. The normalized spacial score (nSPS) is 25.5. The Labute approximate surface area is 126 Å². The molecule has 2 N–H and O–H groups in total. The van der Waals surface area contributed by atoms with E-state index in [9.17, 15) is 4.79 Å². The number of hydrogen-bond donors (Lipinski definition) is 2. The van der Waals surface area contributed by atoms with Crippen molar-refractivity contribution in [2.45, 2.75) is 51.6 Å². The molecule has 3 rings (SSSR count). The summed E-state index contributed by atoms with van der Waals surface area (Å²) in [7, 11) is 0. The number of hydrogen-bond acceptors (Lipinski definition) is 3.